The lowest BCUT2D eigenvalue weighted by Gasteiger charge is -2.29. The molecule has 0 aromatic carbocycles. The zero-order valence-electron chi connectivity index (χ0n) is 56.9. The summed E-state index contributed by atoms with van der Waals surface area (Å²) in [6, 6.07) is 3.92. The Morgan fingerprint density at radius 1 is 0.437 bits per heavy atom. The first-order valence-electron chi connectivity index (χ1n) is 29.3. The summed E-state index contributed by atoms with van der Waals surface area (Å²) < 4.78 is 100. The highest BCUT2D eigenvalue weighted by molar-refractivity contribution is 6.66. The van der Waals surface area contributed by atoms with Crippen molar-refractivity contribution in [3.05, 3.63) is 62.9 Å². The third kappa shape index (κ3) is 54.6. The minimum absolute atomic E-state index is 0.110. The summed E-state index contributed by atoms with van der Waals surface area (Å²) in [5.74, 6) is -1.60. The van der Waals surface area contributed by atoms with Crippen molar-refractivity contribution in [2.75, 3.05) is 110 Å². The first-order valence-corrected chi connectivity index (χ1v) is 41.0. The number of carbonyl (C=O) groups is 4. The van der Waals surface area contributed by atoms with Gasteiger partial charge in [0.25, 0.3) is 0 Å². The van der Waals surface area contributed by atoms with Gasteiger partial charge in [-0.3, -0.25) is 0 Å². The molecule has 5 unspecified atom stereocenters. The van der Waals surface area contributed by atoms with Crippen molar-refractivity contribution in [2.24, 2.45) is 11.5 Å². The quantitative estimate of drug-likeness (QED) is 0.0145. The molecule has 87 heavy (non-hydrogen) atoms. The van der Waals surface area contributed by atoms with Crippen molar-refractivity contribution >= 4 is 77.4 Å². The molecule has 0 rings (SSSR count). The van der Waals surface area contributed by atoms with Gasteiger partial charge < -0.3 is 96.8 Å². The number of hydrogen-bond donors (Lipinski definition) is 2. The smallest absolute Gasteiger partial charge is 0.460 e. The number of esters is 4. The summed E-state index contributed by atoms with van der Waals surface area (Å²) in [7, 11) is 1.63. The van der Waals surface area contributed by atoms with E-state index in [1.807, 2.05) is 68.9 Å². The van der Waals surface area contributed by atoms with Gasteiger partial charge in [0, 0.05) is 133 Å². The zero-order chi connectivity index (χ0) is 68.2. The molecule has 0 saturated carbocycles. The third-order valence-corrected chi connectivity index (χ3v) is 26.8. The van der Waals surface area contributed by atoms with E-state index in [1.165, 1.54) is 6.08 Å². The number of carbonyl (C=O) groups excluding carboxylic acids is 4. The van der Waals surface area contributed by atoms with Crippen LogP contribution in [0, 0.1) is 0 Å². The van der Waals surface area contributed by atoms with Crippen LogP contribution in [0.2, 0.25) is 36.8 Å². The third-order valence-electron chi connectivity index (χ3n) is 11.8. The molecule has 0 aliphatic heterocycles. The molecule has 0 heterocycles. The van der Waals surface area contributed by atoms with Crippen LogP contribution in [0.1, 0.15) is 107 Å². The maximum atomic E-state index is 11.1. The monoisotopic (exact) mass is 1360 g/mol. The number of hydrogen-bond acceptors (Lipinski definition) is 25. The highest BCUT2D eigenvalue weighted by atomic mass is 28.4. The van der Waals surface area contributed by atoms with Gasteiger partial charge in [-0.2, -0.15) is 0 Å². The molecule has 516 valence electrons. The van der Waals surface area contributed by atoms with Crippen LogP contribution in [-0.4, -0.2) is 212 Å². The van der Waals surface area contributed by atoms with Crippen molar-refractivity contribution in [3.8, 4) is 0 Å². The summed E-state index contributed by atoms with van der Waals surface area (Å²) in [5, 5.41) is 0. The van der Waals surface area contributed by atoms with Crippen molar-refractivity contribution in [1.29, 1.82) is 0 Å². The number of ether oxygens (including phenoxy) is 4. The van der Waals surface area contributed by atoms with Crippen LogP contribution >= 0.6 is 0 Å². The maximum absolute atomic E-state index is 11.1. The van der Waals surface area contributed by atoms with E-state index in [2.05, 4.69) is 32.9 Å². The van der Waals surface area contributed by atoms with E-state index < -0.39 is 65.5 Å². The summed E-state index contributed by atoms with van der Waals surface area (Å²) in [5.41, 5.74) is 12.3. The summed E-state index contributed by atoms with van der Waals surface area (Å²) in [6.45, 7) is 40.0. The maximum Gasteiger partial charge on any atom is 0.528 e. The average Bonchev–Trinajstić information content (AvgIpc) is 3.73. The van der Waals surface area contributed by atoms with Crippen LogP contribution in [0.4, 0.5) is 0 Å². The molecule has 0 aliphatic rings. The SMILES string of the molecule is C=CC(=O)OC(C)CC[SiH](OC)OC.C=CC(=O)OC(C)CC[SiH](OCC)OCC.C=CC(=O)OC(C)CC[Si](OC)(OC)OC.C=CC(=O)OC(C)CC[Si](OCC)(OCC)OCC.C=C[Si](OC)(OC)OC.CO[Si](C)(CCCCCN)OCN. The van der Waals surface area contributed by atoms with Crippen molar-refractivity contribution in [1.82, 2.24) is 0 Å². The minimum atomic E-state index is -2.64. The van der Waals surface area contributed by atoms with Crippen LogP contribution in [-0.2, 0) is 105 Å². The standard InChI is InChI=1S/C13H26O5Si.C11H22O4Si.C10H20O5Si.C9H18O4Si.C8H22N2O2Si.C5H12O3Si/c1-6-13(14)18-12(5)10-11-19(15-7-2,16-8-3)17-9-4;1-5-11(12)15-10(4)8-9-16(13-6-2)14-7-3;1-6-10(11)15-9(2)7-8-16(12-3,13-4)14-5;1-5-9(10)13-8(2)6-7-14(11-3)12-4;1-11-13(2,12-8-10)7-5-3-4-6-9;1-5-9(6-2,7-3)8-4/h6,12H,1,7-11H2,2-5H3;5,10,16H,1,6-9H2,2-4H3;6,9H,1,7-8H2,2-5H3;5,8,14H,1,6-7H2,2-4H3;3-10H2,1-2H3;5H,1H2,2-4H3. The van der Waals surface area contributed by atoms with Gasteiger partial charge in [0.15, 0.2) is 0 Å². The summed E-state index contributed by atoms with van der Waals surface area (Å²) >= 11 is 0. The fraction of sp³-hybridized carbons (Fsp3) is 0.750. The van der Waals surface area contributed by atoms with Crippen LogP contribution in [0.5, 0.6) is 0 Å². The molecule has 0 aliphatic carbocycles. The summed E-state index contributed by atoms with van der Waals surface area (Å²) in [6.07, 6.45) is 10.2. The lowest BCUT2D eigenvalue weighted by atomic mass is 10.2. The Hall–Kier alpha value is -2.80. The molecule has 0 fully saturated rings. The lowest BCUT2D eigenvalue weighted by Crippen LogP contribution is -2.46. The van der Waals surface area contributed by atoms with Crippen molar-refractivity contribution in [3.63, 3.8) is 0 Å². The second-order valence-corrected chi connectivity index (χ2v) is 34.8. The van der Waals surface area contributed by atoms with Gasteiger partial charge >= 0.3 is 77.4 Å². The van der Waals surface area contributed by atoms with E-state index in [-0.39, 0.29) is 43.1 Å². The van der Waals surface area contributed by atoms with Crippen LogP contribution < -0.4 is 11.5 Å². The molecule has 0 saturated heterocycles. The normalized spacial score (nSPS) is 13.1. The lowest BCUT2D eigenvalue weighted by molar-refractivity contribution is -0.143. The van der Waals surface area contributed by atoms with Gasteiger partial charge in [0.05, 0.1) is 31.1 Å². The first-order chi connectivity index (χ1) is 41.3. The Balaban J connectivity index is -0.000000229. The van der Waals surface area contributed by atoms with Crippen molar-refractivity contribution in [2.45, 2.75) is 168 Å². The van der Waals surface area contributed by atoms with E-state index in [1.54, 1.807) is 69.7 Å². The van der Waals surface area contributed by atoms with Gasteiger partial charge in [0.1, 0.15) is 0 Å². The molecule has 5 atom stereocenters. The largest absolute Gasteiger partial charge is 0.528 e. The first kappa shape index (κ1) is 95.3. The molecular formula is C56H120N2O23Si6. The molecule has 31 heteroatoms. The van der Waals surface area contributed by atoms with Gasteiger partial charge in [-0.05, 0) is 131 Å². The molecule has 25 nitrogen and oxygen atoms in total. The van der Waals surface area contributed by atoms with Gasteiger partial charge in [-0.25, -0.2) is 19.2 Å². The predicted octanol–water partition coefficient (Wildman–Crippen LogP) is 8.07. The molecule has 0 bridgehead atoms. The minimum Gasteiger partial charge on any atom is -0.460 e. The number of nitrogens with two attached hydrogens (primary N) is 2. The van der Waals surface area contributed by atoms with E-state index in [9.17, 15) is 19.2 Å². The van der Waals surface area contributed by atoms with Gasteiger partial charge in [-0.15, -0.1) is 0 Å². The fourth-order valence-electron chi connectivity index (χ4n) is 6.88. The highest BCUT2D eigenvalue weighted by Crippen LogP contribution is 2.21. The Labute approximate surface area is 532 Å². The van der Waals surface area contributed by atoms with Crippen LogP contribution in [0.25, 0.3) is 0 Å². The molecule has 0 amide bonds. The van der Waals surface area contributed by atoms with Gasteiger partial charge in [-0.1, -0.05) is 45.7 Å². The molecule has 0 radical (unpaired) electrons. The van der Waals surface area contributed by atoms with Crippen LogP contribution in [0.3, 0.4) is 0 Å². The second kappa shape index (κ2) is 63.4. The molecule has 0 aromatic rings. The zero-order valence-corrected chi connectivity index (χ0v) is 63.2. The van der Waals surface area contributed by atoms with E-state index in [4.69, 9.17) is 96.8 Å². The van der Waals surface area contributed by atoms with Gasteiger partial charge in [0.2, 0.25) is 0 Å². The predicted molar refractivity (Wildman–Crippen MR) is 353 cm³/mol. The highest BCUT2D eigenvalue weighted by Gasteiger charge is 2.41. The number of rotatable bonds is 47. The Bertz CT molecular complexity index is 1670. The van der Waals surface area contributed by atoms with Crippen LogP contribution in [0.15, 0.2) is 62.9 Å². The second-order valence-electron chi connectivity index (χ2n) is 18.2. The Kier molecular flexibility index (Phi) is 69.4. The molecular weight excluding hydrogens is 1240 g/mol. The molecule has 0 spiro atoms. The van der Waals surface area contributed by atoms with E-state index >= 15 is 0 Å². The molecule has 4 N–H and O–H groups in total. The van der Waals surface area contributed by atoms with E-state index in [0.29, 0.717) is 58.0 Å². The topological polar surface area (TPSA) is 296 Å². The average molecular weight is 1360 g/mol. The molecule has 0 aromatic heterocycles. The van der Waals surface area contributed by atoms with Crippen molar-refractivity contribution < 1.29 is 105 Å². The Morgan fingerprint density at radius 3 is 1.03 bits per heavy atom. The Morgan fingerprint density at radius 2 is 0.782 bits per heavy atom. The number of unbranched alkanes of at least 4 members (excludes halogenated alkanes) is 2. The fourth-order valence-corrected chi connectivity index (χ4v) is 17.5. The van der Waals surface area contributed by atoms with E-state index in [0.717, 1.165) is 75.0 Å². The summed E-state index contributed by atoms with van der Waals surface area (Å²) in [4.78, 5) is 43.8.